The second-order valence-corrected chi connectivity index (χ2v) is 2.76. The molecule has 1 N–H and O–H groups in total. The Bertz CT molecular complexity index is 104. The molecule has 0 amide bonds. The van der Waals surface area contributed by atoms with Crippen molar-refractivity contribution in [2.45, 2.75) is 37.9 Å². The summed E-state index contributed by atoms with van der Waals surface area (Å²) >= 11 is 0. The van der Waals surface area contributed by atoms with Crippen molar-refractivity contribution in [1.29, 1.82) is 0 Å². The largest absolute Gasteiger partial charge is 0.240 e. The first kappa shape index (κ1) is 5.65. The number of hydrogen-bond acceptors (Lipinski definition) is 3. The van der Waals surface area contributed by atoms with E-state index in [1.807, 2.05) is 0 Å². The van der Waals surface area contributed by atoms with Gasteiger partial charge in [-0.2, -0.15) is 0 Å². The maximum atomic E-state index is 5.09. The third kappa shape index (κ3) is 0.852. The molecule has 1 aliphatic carbocycles. The van der Waals surface area contributed by atoms with Gasteiger partial charge in [0.1, 0.15) is 0 Å². The van der Waals surface area contributed by atoms with Gasteiger partial charge in [0, 0.05) is 12.8 Å². The zero-order valence-corrected chi connectivity index (χ0v) is 5.35. The van der Waals surface area contributed by atoms with Crippen LogP contribution in [0.2, 0.25) is 0 Å². The van der Waals surface area contributed by atoms with Gasteiger partial charge in [0.15, 0.2) is 0 Å². The Morgan fingerprint density at radius 1 is 1.00 bits per heavy atom. The molecule has 0 unspecified atom stereocenters. The van der Waals surface area contributed by atoms with Gasteiger partial charge in [-0.05, 0) is 12.8 Å². The van der Waals surface area contributed by atoms with Gasteiger partial charge < -0.3 is 0 Å². The van der Waals surface area contributed by atoms with Crippen molar-refractivity contribution >= 4 is 0 Å². The van der Waals surface area contributed by atoms with Crippen molar-refractivity contribution in [3.8, 4) is 0 Å². The molecule has 0 atom stereocenters. The van der Waals surface area contributed by atoms with Gasteiger partial charge in [0.25, 0.3) is 0 Å². The minimum atomic E-state index is -0.210. The lowest BCUT2D eigenvalue weighted by Crippen LogP contribution is -2.55. The Balaban J connectivity index is 1.93. The maximum absolute atomic E-state index is 5.09. The summed E-state index contributed by atoms with van der Waals surface area (Å²) in [6.45, 7) is 0. The standard InChI is InChI=1S/C6H11NO2/c1-2-4-6(5-3-1)8-7-9-6/h7H,1-5H2. The van der Waals surface area contributed by atoms with Crippen molar-refractivity contribution in [2.75, 3.05) is 0 Å². The van der Waals surface area contributed by atoms with E-state index in [-0.39, 0.29) is 5.79 Å². The van der Waals surface area contributed by atoms with Gasteiger partial charge in [0.2, 0.25) is 5.79 Å². The SMILES string of the molecule is C1CCC2(CC1)ONO2. The predicted octanol–water partition coefficient (Wildman–Crippen LogP) is 1.11. The molecule has 0 aromatic rings. The van der Waals surface area contributed by atoms with Gasteiger partial charge in [-0.3, -0.25) is 0 Å². The van der Waals surface area contributed by atoms with Crippen LogP contribution in [-0.2, 0) is 9.68 Å². The molecule has 52 valence electrons. The first-order valence-electron chi connectivity index (χ1n) is 3.52. The lowest BCUT2D eigenvalue weighted by molar-refractivity contribution is -0.486. The summed E-state index contributed by atoms with van der Waals surface area (Å²) in [6.07, 6.45) is 5.91. The van der Waals surface area contributed by atoms with Crippen molar-refractivity contribution in [3.05, 3.63) is 0 Å². The van der Waals surface area contributed by atoms with E-state index >= 15 is 0 Å². The van der Waals surface area contributed by atoms with Crippen LogP contribution in [0.25, 0.3) is 0 Å². The van der Waals surface area contributed by atoms with E-state index < -0.39 is 0 Å². The summed E-state index contributed by atoms with van der Waals surface area (Å²) < 4.78 is 0. The number of hydrogen-bond donors (Lipinski definition) is 1. The Morgan fingerprint density at radius 2 is 1.67 bits per heavy atom. The minimum absolute atomic E-state index is 0.210. The van der Waals surface area contributed by atoms with Crippen LogP contribution in [0.5, 0.6) is 0 Å². The van der Waals surface area contributed by atoms with Gasteiger partial charge in [-0.15, -0.1) is 0 Å². The van der Waals surface area contributed by atoms with Crippen LogP contribution in [0.1, 0.15) is 32.1 Å². The summed E-state index contributed by atoms with van der Waals surface area (Å²) in [4.78, 5) is 10.2. The molecule has 1 heterocycles. The molecular formula is C6H11NO2. The quantitative estimate of drug-likeness (QED) is 0.531. The predicted molar refractivity (Wildman–Crippen MR) is 31.1 cm³/mol. The Kier molecular flexibility index (Phi) is 1.22. The van der Waals surface area contributed by atoms with Crippen molar-refractivity contribution < 1.29 is 9.68 Å². The van der Waals surface area contributed by atoms with Crippen molar-refractivity contribution in [1.82, 2.24) is 5.64 Å². The van der Waals surface area contributed by atoms with Crippen LogP contribution in [-0.4, -0.2) is 5.79 Å². The highest BCUT2D eigenvalue weighted by Crippen LogP contribution is 2.35. The van der Waals surface area contributed by atoms with Gasteiger partial charge in [-0.1, -0.05) is 12.1 Å². The van der Waals surface area contributed by atoms with E-state index in [1.54, 1.807) is 0 Å². The normalized spacial score (nSPS) is 32.0. The third-order valence-corrected chi connectivity index (χ3v) is 2.07. The zero-order valence-electron chi connectivity index (χ0n) is 5.35. The summed E-state index contributed by atoms with van der Waals surface area (Å²) in [5, 5.41) is 0. The minimum Gasteiger partial charge on any atom is -0.240 e. The first-order chi connectivity index (χ1) is 4.41. The van der Waals surface area contributed by atoms with Gasteiger partial charge >= 0.3 is 0 Å². The average molecular weight is 129 g/mol. The number of nitrogens with one attached hydrogen (secondary N) is 1. The lowest BCUT2D eigenvalue weighted by atomic mass is 9.94. The summed E-state index contributed by atoms with van der Waals surface area (Å²) in [7, 11) is 0. The average Bonchev–Trinajstić information content (AvgIpc) is 1.87. The molecule has 3 nitrogen and oxygen atoms in total. The molecular weight excluding hydrogens is 118 g/mol. The van der Waals surface area contributed by atoms with Crippen molar-refractivity contribution in [2.24, 2.45) is 0 Å². The lowest BCUT2D eigenvalue weighted by Gasteiger charge is -2.42. The molecule has 2 rings (SSSR count). The third-order valence-electron chi connectivity index (χ3n) is 2.07. The van der Waals surface area contributed by atoms with Crippen LogP contribution in [0.4, 0.5) is 0 Å². The fourth-order valence-electron chi connectivity index (χ4n) is 1.45. The second kappa shape index (κ2) is 1.94. The second-order valence-electron chi connectivity index (χ2n) is 2.76. The van der Waals surface area contributed by atoms with Crippen LogP contribution in [0, 0.1) is 0 Å². The fraction of sp³-hybridized carbons (Fsp3) is 1.00. The van der Waals surface area contributed by atoms with Gasteiger partial charge in [-0.25, -0.2) is 9.68 Å². The van der Waals surface area contributed by atoms with E-state index in [0.29, 0.717) is 0 Å². The molecule has 0 aromatic heterocycles. The Labute approximate surface area is 54.2 Å². The Morgan fingerprint density at radius 3 is 2.00 bits per heavy atom. The van der Waals surface area contributed by atoms with Crippen molar-refractivity contribution in [3.63, 3.8) is 0 Å². The van der Waals surface area contributed by atoms with E-state index in [0.717, 1.165) is 12.8 Å². The van der Waals surface area contributed by atoms with Crippen LogP contribution < -0.4 is 5.64 Å². The monoisotopic (exact) mass is 129 g/mol. The molecule has 1 aliphatic heterocycles. The first-order valence-corrected chi connectivity index (χ1v) is 3.52. The number of rotatable bonds is 0. The topological polar surface area (TPSA) is 30.5 Å². The Hall–Kier alpha value is -0.120. The molecule has 2 fully saturated rings. The van der Waals surface area contributed by atoms with Gasteiger partial charge in [0.05, 0.1) is 0 Å². The van der Waals surface area contributed by atoms with Crippen LogP contribution >= 0.6 is 0 Å². The highest BCUT2D eigenvalue weighted by atomic mass is 17.1. The highest BCUT2D eigenvalue weighted by molar-refractivity contribution is 4.75. The molecule has 2 aliphatic rings. The molecule has 0 aromatic carbocycles. The van der Waals surface area contributed by atoms with Crippen LogP contribution in [0.3, 0.4) is 0 Å². The molecule has 0 bridgehead atoms. The maximum Gasteiger partial charge on any atom is 0.211 e. The smallest absolute Gasteiger partial charge is 0.211 e. The molecule has 1 saturated heterocycles. The fourth-order valence-corrected chi connectivity index (χ4v) is 1.45. The van der Waals surface area contributed by atoms with E-state index in [9.17, 15) is 0 Å². The molecule has 3 heteroatoms. The molecule has 9 heavy (non-hydrogen) atoms. The summed E-state index contributed by atoms with van der Waals surface area (Å²) in [5.74, 6) is -0.210. The van der Waals surface area contributed by atoms with E-state index in [2.05, 4.69) is 5.64 Å². The highest BCUT2D eigenvalue weighted by Gasteiger charge is 2.41. The summed E-state index contributed by atoms with van der Waals surface area (Å²) in [5.41, 5.74) is 2.37. The molecule has 0 radical (unpaired) electrons. The summed E-state index contributed by atoms with van der Waals surface area (Å²) in [6, 6.07) is 0. The molecule has 1 spiro atoms. The van der Waals surface area contributed by atoms with Crippen LogP contribution in [0.15, 0.2) is 0 Å². The zero-order chi connectivity index (χ0) is 6.16. The van der Waals surface area contributed by atoms with E-state index in [1.165, 1.54) is 19.3 Å². The van der Waals surface area contributed by atoms with E-state index in [4.69, 9.17) is 9.68 Å². The molecule has 1 saturated carbocycles.